The quantitative estimate of drug-likeness (QED) is 0.821. The standard InChI is InChI=1S/C18H22N2O5S/c1-10(2)20-18(22)13(9-19-20)17(21)12-5-6-15-16(11(12)3)14(25-4)7-8-26(15,23)24/h5-6,9-10,14,22H,7-8H2,1-4H3. The number of carbonyl (C=O) groups excluding carboxylic acids is 1. The number of fused-ring (bicyclic) bond motifs is 1. The van der Waals surface area contributed by atoms with Gasteiger partial charge < -0.3 is 9.84 Å². The number of rotatable bonds is 4. The molecule has 2 heterocycles. The van der Waals surface area contributed by atoms with E-state index in [9.17, 15) is 18.3 Å². The summed E-state index contributed by atoms with van der Waals surface area (Å²) in [5.41, 5.74) is 1.51. The van der Waals surface area contributed by atoms with Gasteiger partial charge in [0, 0.05) is 18.2 Å². The molecule has 26 heavy (non-hydrogen) atoms. The second-order valence-electron chi connectivity index (χ2n) is 6.73. The minimum atomic E-state index is -3.39. The molecule has 0 aliphatic carbocycles. The molecular weight excluding hydrogens is 356 g/mol. The molecule has 0 amide bonds. The Hall–Kier alpha value is -2.19. The van der Waals surface area contributed by atoms with Crippen molar-refractivity contribution in [1.29, 1.82) is 0 Å². The summed E-state index contributed by atoms with van der Waals surface area (Å²) in [6.07, 6.45) is 1.30. The lowest BCUT2D eigenvalue weighted by Gasteiger charge is -2.27. The smallest absolute Gasteiger partial charge is 0.221 e. The Labute approximate surface area is 152 Å². The van der Waals surface area contributed by atoms with Crippen molar-refractivity contribution in [3.8, 4) is 5.88 Å². The van der Waals surface area contributed by atoms with Crippen LogP contribution >= 0.6 is 0 Å². The van der Waals surface area contributed by atoms with Crippen LogP contribution in [-0.2, 0) is 14.6 Å². The van der Waals surface area contributed by atoms with Crippen LogP contribution in [-0.4, -0.2) is 42.0 Å². The fourth-order valence-corrected chi connectivity index (χ4v) is 5.05. The number of nitrogens with zero attached hydrogens (tertiary/aromatic N) is 2. The summed E-state index contributed by atoms with van der Waals surface area (Å²) < 4.78 is 31.6. The van der Waals surface area contributed by atoms with Gasteiger partial charge in [0.15, 0.2) is 15.6 Å². The molecule has 0 saturated carbocycles. The number of carbonyl (C=O) groups is 1. The van der Waals surface area contributed by atoms with E-state index in [1.54, 1.807) is 6.92 Å². The van der Waals surface area contributed by atoms with Gasteiger partial charge in [0.1, 0.15) is 5.56 Å². The molecule has 1 aromatic carbocycles. The predicted molar refractivity (Wildman–Crippen MR) is 95.3 cm³/mol. The van der Waals surface area contributed by atoms with Gasteiger partial charge in [-0.15, -0.1) is 0 Å². The Morgan fingerprint density at radius 1 is 1.35 bits per heavy atom. The lowest BCUT2D eigenvalue weighted by molar-refractivity contribution is 0.0952. The van der Waals surface area contributed by atoms with Crippen LogP contribution in [0, 0.1) is 6.92 Å². The first-order valence-corrected chi connectivity index (χ1v) is 10.0. The summed E-state index contributed by atoms with van der Waals surface area (Å²) in [5.74, 6) is -0.571. The minimum Gasteiger partial charge on any atom is -0.493 e. The van der Waals surface area contributed by atoms with E-state index in [1.165, 1.54) is 30.1 Å². The number of ether oxygens (including phenoxy) is 1. The van der Waals surface area contributed by atoms with Crippen LogP contribution in [0.2, 0.25) is 0 Å². The van der Waals surface area contributed by atoms with E-state index in [-0.39, 0.29) is 34.2 Å². The van der Waals surface area contributed by atoms with E-state index < -0.39 is 15.6 Å². The number of aromatic nitrogens is 2. The number of hydrogen-bond acceptors (Lipinski definition) is 6. The van der Waals surface area contributed by atoms with Crippen molar-refractivity contribution in [2.24, 2.45) is 0 Å². The highest BCUT2D eigenvalue weighted by Crippen LogP contribution is 2.38. The first kappa shape index (κ1) is 18.6. The second-order valence-corrected chi connectivity index (χ2v) is 8.81. The Morgan fingerprint density at radius 3 is 2.62 bits per heavy atom. The zero-order chi connectivity index (χ0) is 19.2. The summed E-state index contributed by atoms with van der Waals surface area (Å²) in [7, 11) is -1.86. The Morgan fingerprint density at radius 2 is 2.04 bits per heavy atom. The predicted octanol–water partition coefficient (Wildman–Crippen LogP) is 2.57. The summed E-state index contributed by atoms with van der Waals surface area (Å²) in [4.78, 5) is 13.2. The van der Waals surface area contributed by atoms with Gasteiger partial charge in [0.25, 0.3) is 0 Å². The molecular formula is C18H22N2O5S. The van der Waals surface area contributed by atoms with Gasteiger partial charge in [-0.1, -0.05) is 0 Å². The average molecular weight is 378 g/mol. The van der Waals surface area contributed by atoms with Crippen LogP contribution < -0.4 is 0 Å². The van der Waals surface area contributed by atoms with Crippen molar-refractivity contribution < 1.29 is 23.1 Å². The third-order valence-corrected chi connectivity index (χ3v) is 6.61. The summed E-state index contributed by atoms with van der Waals surface area (Å²) in [6.45, 7) is 5.40. The number of hydrogen-bond donors (Lipinski definition) is 1. The first-order valence-electron chi connectivity index (χ1n) is 8.39. The zero-order valence-electron chi connectivity index (χ0n) is 15.2. The average Bonchev–Trinajstić information content (AvgIpc) is 2.97. The lowest BCUT2D eigenvalue weighted by Crippen LogP contribution is -2.23. The van der Waals surface area contributed by atoms with Gasteiger partial charge >= 0.3 is 0 Å². The molecule has 7 nitrogen and oxygen atoms in total. The molecule has 1 aliphatic heterocycles. The molecule has 0 bridgehead atoms. The third-order valence-electron chi connectivity index (χ3n) is 4.81. The third kappa shape index (κ3) is 2.83. The van der Waals surface area contributed by atoms with Crippen molar-refractivity contribution in [3.63, 3.8) is 0 Å². The lowest BCUT2D eigenvalue weighted by atomic mass is 9.93. The Kier molecular flexibility index (Phi) is 4.66. The Balaban J connectivity index is 2.15. The zero-order valence-corrected chi connectivity index (χ0v) is 16.0. The molecule has 0 radical (unpaired) electrons. The summed E-state index contributed by atoms with van der Waals surface area (Å²) >= 11 is 0. The molecule has 2 aromatic rings. The van der Waals surface area contributed by atoms with Crippen LogP contribution in [0.4, 0.5) is 0 Å². The monoisotopic (exact) mass is 378 g/mol. The first-order chi connectivity index (χ1) is 12.2. The maximum atomic E-state index is 13.0. The number of ketones is 1. The maximum absolute atomic E-state index is 13.0. The fourth-order valence-electron chi connectivity index (χ4n) is 3.41. The van der Waals surface area contributed by atoms with Crippen LogP contribution in [0.15, 0.2) is 23.2 Å². The van der Waals surface area contributed by atoms with Gasteiger partial charge in [0.2, 0.25) is 5.88 Å². The van der Waals surface area contributed by atoms with Crippen molar-refractivity contribution in [1.82, 2.24) is 9.78 Å². The number of benzene rings is 1. The molecule has 1 aliphatic rings. The van der Waals surface area contributed by atoms with Crippen LogP contribution in [0.25, 0.3) is 0 Å². The van der Waals surface area contributed by atoms with Gasteiger partial charge in [-0.25, -0.2) is 13.1 Å². The highest BCUT2D eigenvalue weighted by atomic mass is 32.2. The van der Waals surface area contributed by atoms with Crippen LogP contribution in [0.3, 0.4) is 0 Å². The highest BCUT2D eigenvalue weighted by molar-refractivity contribution is 7.91. The molecule has 140 valence electrons. The summed E-state index contributed by atoms with van der Waals surface area (Å²) in [5, 5.41) is 14.4. The van der Waals surface area contributed by atoms with Crippen LogP contribution in [0.5, 0.6) is 5.88 Å². The van der Waals surface area contributed by atoms with Gasteiger partial charge in [-0.3, -0.25) is 4.79 Å². The largest absolute Gasteiger partial charge is 0.493 e. The van der Waals surface area contributed by atoms with Crippen molar-refractivity contribution in [2.45, 2.75) is 44.2 Å². The SMILES string of the molecule is COC1CCS(=O)(=O)c2ccc(C(=O)c3cnn(C(C)C)c3O)c(C)c21. The van der Waals surface area contributed by atoms with E-state index >= 15 is 0 Å². The van der Waals surface area contributed by atoms with E-state index in [0.717, 1.165) is 0 Å². The topological polar surface area (TPSA) is 98.5 Å². The normalized spacial score (nSPS) is 18.7. The molecule has 1 aromatic heterocycles. The van der Waals surface area contributed by atoms with Gasteiger partial charge in [-0.05, 0) is 44.9 Å². The van der Waals surface area contributed by atoms with E-state index in [0.29, 0.717) is 23.1 Å². The highest BCUT2D eigenvalue weighted by Gasteiger charge is 2.34. The molecule has 0 spiro atoms. The van der Waals surface area contributed by atoms with Crippen molar-refractivity contribution >= 4 is 15.6 Å². The van der Waals surface area contributed by atoms with E-state index in [1.807, 2.05) is 13.8 Å². The molecule has 1 N–H and O–H groups in total. The van der Waals surface area contributed by atoms with Crippen molar-refractivity contribution in [3.05, 3.63) is 40.6 Å². The number of sulfone groups is 1. The molecule has 0 saturated heterocycles. The van der Waals surface area contributed by atoms with Crippen LogP contribution in [0.1, 0.15) is 59.5 Å². The fraction of sp³-hybridized carbons (Fsp3) is 0.444. The molecule has 8 heteroatoms. The maximum Gasteiger partial charge on any atom is 0.221 e. The Bertz CT molecular complexity index is 976. The number of aromatic hydroxyl groups is 1. The van der Waals surface area contributed by atoms with Crippen molar-refractivity contribution in [2.75, 3.05) is 12.9 Å². The number of methoxy groups -OCH3 is 1. The molecule has 1 unspecified atom stereocenters. The summed E-state index contributed by atoms with van der Waals surface area (Å²) in [6, 6.07) is 2.86. The van der Waals surface area contributed by atoms with Gasteiger partial charge in [0.05, 0.1) is 29.0 Å². The second kappa shape index (κ2) is 6.51. The van der Waals surface area contributed by atoms with E-state index in [4.69, 9.17) is 4.74 Å². The van der Waals surface area contributed by atoms with E-state index in [2.05, 4.69) is 5.10 Å². The van der Waals surface area contributed by atoms with Gasteiger partial charge in [-0.2, -0.15) is 5.10 Å². The minimum absolute atomic E-state index is 0.0210. The molecule has 3 rings (SSSR count). The molecule has 1 atom stereocenters. The molecule has 0 fully saturated rings.